The van der Waals surface area contributed by atoms with Crippen LogP contribution in [0.3, 0.4) is 0 Å². The Kier molecular flexibility index (Phi) is 10.0. The van der Waals surface area contributed by atoms with Gasteiger partial charge in [-0.05, 0) is 79.4 Å². The third-order valence-electron chi connectivity index (χ3n) is 8.41. The quantitative estimate of drug-likeness (QED) is 0.104. The van der Waals surface area contributed by atoms with E-state index in [0.717, 1.165) is 11.2 Å². The number of aryl methyl sites for hydroxylation is 2. The molecule has 1 fully saturated rings. The Morgan fingerprint density at radius 3 is 2.02 bits per heavy atom. The second kappa shape index (κ2) is 13.7. The van der Waals surface area contributed by atoms with Crippen LogP contribution in [0.1, 0.15) is 56.9 Å². The van der Waals surface area contributed by atoms with Crippen LogP contribution in [0.5, 0.6) is 5.88 Å². The van der Waals surface area contributed by atoms with Crippen LogP contribution in [-0.2, 0) is 38.2 Å². The number of cyclic esters (lactones) is 1. The van der Waals surface area contributed by atoms with E-state index in [2.05, 4.69) is 15.0 Å². The van der Waals surface area contributed by atoms with Gasteiger partial charge in [0.05, 0.1) is 49.2 Å². The van der Waals surface area contributed by atoms with Gasteiger partial charge in [-0.25, -0.2) is 33.0 Å². The van der Waals surface area contributed by atoms with Crippen LogP contribution < -0.4 is 4.74 Å². The Bertz CT molecular complexity index is 2140. The summed E-state index contributed by atoms with van der Waals surface area (Å²) in [5, 5.41) is -0.621. The molecule has 2 atom stereocenters. The maximum absolute atomic E-state index is 13.6. The molecule has 0 bridgehead atoms. The lowest BCUT2D eigenvalue weighted by Crippen LogP contribution is -2.32. The summed E-state index contributed by atoms with van der Waals surface area (Å²) >= 11 is 0. The zero-order chi connectivity index (χ0) is 38.5. The number of amides is 1. The zero-order valence-electron chi connectivity index (χ0n) is 28.3. The maximum atomic E-state index is 13.6. The number of ether oxygens (including phenoxy) is 3. The molecule has 1 aliphatic rings. The number of hydrogen-bond acceptors (Lipinski definition) is 10. The first kappa shape index (κ1) is 38.0. The largest absolute Gasteiger partial charge is 0.481 e. The SMILES string of the molecule is COC(=O)c1cc(C)c(-c2cnc(OC)c(-c3cnc(S(C)(=O)=O)nc3CN3C(=O)O[C@H](c4cc(C(F)(F)F)cc(C(F)(F)F)c4)[C@@H]3C)c2)c(C)c1. The maximum Gasteiger partial charge on any atom is 0.416 e. The molecule has 276 valence electrons. The van der Waals surface area contributed by atoms with E-state index in [1.807, 2.05) is 0 Å². The van der Waals surface area contributed by atoms with Gasteiger partial charge >= 0.3 is 24.4 Å². The fourth-order valence-electron chi connectivity index (χ4n) is 5.99. The van der Waals surface area contributed by atoms with Crippen LogP contribution in [-0.4, -0.2) is 66.8 Å². The number of alkyl halides is 6. The molecule has 11 nitrogen and oxygen atoms in total. The average Bonchev–Trinajstić information content (AvgIpc) is 3.34. The smallest absolute Gasteiger partial charge is 0.416 e. The summed E-state index contributed by atoms with van der Waals surface area (Å²) in [7, 11) is -1.44. The van der Waals surface area contributed by atoms with E-state index in [4.69, 9.17) is 14.2 Å². The van der Waals surface area contributed by atoms with Gasteiger partial charge in [-0.2, -0.15) is 26.3 Å². The van der Waals surface area contributed by atoms with Crippen LogP contribution in [0.2, 0.25) is 0 Å². The highest BCUT2D eigenvalue weighted by molar-refractivity contribution is 7.90. The minimum absolute atomic E-state index is 0.0331. The first-order valence-electron chi connectivity index (χ1n) is 15.2. The number of methoxy groups -OCH3 is 2. The molecule has 18 heteroatoms. The Balaban J connectivity index is 1.61. The summed E-state index contributed by atoms with van der Waals surface area (Å²) in [6, 6.07) is 4.68. The highest BCUT2D eigenvalue weighted by atomic mass is 32.2. The van der Waals surface area contributed by atoms with Crippen LogP contribution in [0.25, 0.3) is 22.3 Å². The molecule has 2 aromatic heterocycles. The van der Waals surface area contributed by atoms with Gasteiger partial charge in [0.15, 0.2) is 0 Å². The number of nitrogens with zero attached hydrogens (tertiary/aromatic N) is 4. The fourth-order valence-corrected chi connectivity index (χ4v) is 6.51. The standard InChI is InChI=1S/C34H30F6N4O7S/c1-16-7-20(30(45)50-5)8-17(2)27(16)21-11-24(29(49-4)41-13-21)25-14-42-31(52(6,47)48)43-26(25)15-44-18(3)28(51-32(44)46)19-9-22(33(35,36)37)12-23(10-19)34(38,39)40/h7-14,18,28H,15H2,1-6H3/t18-,28-/m0/s1. The molecule has 1 aliphatic heterocycles. The first-order chi connectivity index (χ1) is 24.1. The second-order valence-electron chi connectivity index (χ2n) is 12.1. The van der Waals surface area contributed by atoms with Gasteiger partial charge in [0.25, 0.3) is 0 Å². The van der Waals surface area contributed by atoms with Crippen LogP contribution in [0, 0.1) is 13.8 Å². The van der Waals surface area contributed by atoms with Gasteiger partial charge in [-0.15, -0.1) is 0 Å². The van der Waals surface area contributed by atoms with Gasteiger partial charge < -0.3 is 14.2 Å². The van der Waals surface area contributed by atoms with Crippen molar-refractivity contribution in [2.75, 3.05) is 20.5 Å². The van der Waals surface area contributed by atoms with Crippen molar-refractivity contribution in [1.82, 2.24) is 19.9 Å². The molecule has 1 saturated heterocycles. The third-order valence-corrected chi connectivity index (χ3v) is 9.27. The summed E-state index contributed by atoms with van der Waals surface area (Å²) in [6.45, 7) is 4.38. The number of benzene rings is 2. The Morgan fingerprint density at radius 1 is 0.904 bits per heavy atom. The molecule has 0 aliphatic carbocycles. The van der Waals surface area contributed by atoms with Gasteiger partial charge in [0.1, 0.15) is 6.10 Å². The van der Waals surface area contributed by atoms with E-state index in [9.17, 15) is 44.3 Å². The van der Waals surface area contributed by atoms with E-state index >= 15 is 0 Å². The predicted octanol–water partition coefficient (Wildman–Crippen LogP) is 7.14. The highest BCUT2D eigenvalue weighted by Gasteiger charge is 2.44. The minimum Gasteiger partial charge on any atom is -0.481 e. The van der Waals surface area contributed by atoms with Crippen LogP contribution in [0.15, 0.2) is 53.9 Å². The van der Waals surface area contributed by atoms with Crippen molar-refractivity contribution in [2.45, 2.75) is 57.0 Å². The van der Waals surface area contributed by atoms with Crippen molar-refractivity contribution in [3.63, 3.8) is 0 Å². The van der Waals surface area contributed by atoms with Crippen molar-refractivity contribution in [2.24, 2.45) is 0 Å². The van der Waals surface area contributed by atoms with Crippen LogP contribution in [0.4, 0.5) is 31.1 Å². The summed E-state index contributed by atoms with van der Waals surface area (Å²) in [4.78, 5) is 39.0. The van der Waals surface area contributed by atoms with Crippen molar-refractivity contribution in [3.05, 3.63) is 87.9 Å². The molecule has 1 amide bonds. The molecule has 4 aromatic rings. The van der Waals surface area contributed by atoms with E-state index in [-0.39, 0.29) is 28.8 Å². The number of aromatic nitrogens is 3. The van der Waals surface area contributed by atoms with Crippen molar-refractivity contribution < 1.29 is 58.6 Å². The number of halogens is 6. The van der Waals surface area contributed by atoms with Crippen molar-refractivity contribution in [1.29, 1.82) is 0 Å². The molecule has 0 N–H and O–H groups in total. The molecular weight excluding hydrogens is 722 g/mol. The first-order valence-corrected chi connectivity index (χ1v) is 17.1. The number of esters is 1. The Labute approximate surface area is 293 Å². The number of carbonyl (C=O) groups excluding carboxylic acids is 2. The van der Waals surface area contributed by atoms with E-state index < -0.39 is 74.8 Å². The van der Waals surface area contributed by atoms with Crippen LogP contribution >= 0.6 is 0 Å². The summed E-state index contributed by atoms with van der Waals surface area (Å²) in [6.07, 6.45) is -9.42. The molecule has 2 aromatic carbocycles. The predicted molar refractivity (Wildman–Crippen MR) is 172 cm³/mol. The topological polar surface area (TPSA) is 138 Å². The van der Waals surface area contributed by atoms with Gasteiger partial charge in [-0.1, -0.05) is 0 Å². The molecule has 0 radical (unpaired) electrons. The van der Waals surface area contributed by atoms with E-state index in [1.54, 1.807) is 32.0 Å². The summed E-state index contributed by atoms with van der Waals surface area (Å²) in [5.74, 6) is -0.495. The van der Waals surface area contributed by atoms with Gasteiger partial charge in [0.2, 0.25) is 20.9 Å². The van der Waals surface area contributed by atoms with E-state index in [1.165, 1.54) is 33.5 Å². The molecule has 0 saturated carbocycles. The second-order valence-corrected chi connectivity index (χ2v) is 14.0. The van der Waals surface area contributed by atoms with Crippen molar-refractivity contribution >= 4 is 21.9 Å². The highest BCUT2D eigenvalue weighted by Crippen LogP contribution is 2.42. The lowest BCUT2D eigenvalue weighted by molar-refractivity contribution is -0.143. The number of carbonyl (C=O) groups is 2. The van der Waals surface area contributed by atoms with Crippen molar-refractivity contribution in [3.8, 4) is 28.1 Å². The minimum atomic E-state index is -5.14. The Hall–Kier alpha value is -5.26. The average molecular weight is 753 g/mol. The Morgan fingerprint density at radius 2 is 1.50 bits per heavy atom. The third kappa shape index (κ3) is 7.51. The van der Waals surface area contributed by atoms with Gasteiger partial charge in [-0.3, -0.25) is 4.90 Å². The van der Waals surface area contributed by atoms with Gasteiger partial charge in [0, 0.05) is 35.3 Å². The summed E-state index contributed by atoms with van der Waals surface area (Å²) < 4.78 is 122. The molecule has 3 heterocycles. The number of pyridine rings is 1. The number of rotatable bonds is 8. The molecule has 52 heavy (non-hydrogen) atoms. The monoisotopic (exact) mass is 752 g/mol. The number of hydrogen-bond donors (Lipinski definition) is 0. The zero-order valence-corrected chi connectivity index (χ0v) is 29.1. The van der Waals surface area contributed by atoms with E-state index in [0.29, 0.717) is 39.9 Å². The lowest BCUT2D eigenvalue weighted by Gasteiger charge is -2.23. The summed E-state index contributed by atoms with van der Waals surface area (Å²) in [5.41, 5.74) is -0.483. The molecular formula is C34H30F6N4O7S. The normalized spacial score (nSPS) is 16.5. The number of sulfone groups is 1. The fraction of sp³-hybridized carbons (Fsp3) is 0.324. The lowest BCUT2D eigenvalue weighted by atomic mass is 9.92. The molecule has 5 rings (SSSR count). The molecule has 0 spiro atoms. The molecule has 0 unspecified atom stereocenters.